The van der Waals surface area contributed by atoms with E-state index in [1.807, 2.05) is 0 Å². The molecule has 0 aliphatic carbocycles. The molecule has 1 N–H and O–H groups in total. The summed E-state index contributed by atoms with van der Waals surface area (Å²) in [6, 6.07) is 4.82. The first-order chi connectivity index (χ1) is 8.22. The van der Waals surface area contributed by atoms with Gasteiger partial charge in [0.25, 0.3) is 6.43 Å². The molecule has 1 aromatic rings. The molecule has 1 heterocycles. The van der Waals surface area contributed by atoms with E-state index in [1.54, 1.807) is 19.2 Å². The molecule has 0 aromatic heterocycles. The lowest BCUT2D eigenvalue weighted by Gasteiger charge is -2.26. The fraction of sp³-hybridized carbons (Fsp3) is 0.538. The van der Waals surface area contributed by atoms with Gasteiger partial charge in [-0.1, -0.05) is 6.42 Å². The van der Waals surface area contributed by atoms with Gasteiger partial charge >= 0.3 is 0 Å². The second-order valence-electron chi connectivity index (χ2n) is 4.30. The van der Waals surface area contributed by atoms with Crippen LogP contribution >= 0.6 is 0 Å². The third kappa shape index (κ3) is 2.75. The van der Waals surface area contributed by atoms with Crippen molar-refractivity contribution < 1.29 is 13.5 Å². The highest BCUT2D eigenvalue weighted by molar-refractivity contribution is 5.38. The van der Waals surface area contributed by atoms with Crippen LogP contribution in [-0.2, 0) is 0 Å². The van der Waals surface area contributed by atoms with Crippen LogP contribution in [0.5, 0.6) is 5.75 Å². The van der Waals surface area contributed by atoms with Crippen LogP contribution in [0.2, 0.25) is 0 Å². The zero-order valence-electron chi connectivity index (χ0n) is 9.88. The van der Waals surface area contributed by atoms with E-state index < -0.39 is 6.43 Å². The number of halogens is 2. The minimum Gasteiger partial charge on any atom is -0.497 e. The van der Waals surface area contributed by atoms with Gasteiger partial charge in [0.15, 0.2) is 0 Å². The molecule has 1 unspecified atom stereocenters. The first-order valence-electron chi connectivity index (χ1n) is 5.91. The quantitative estimate of drug-likeness (QED) is 0.875. The summed E-state index contributed by atoms with van der Waals surface area (Å²) in [7, 11) is 1.55. The molecule has 4 heteroatoms. The van der Waals surface area contributed by atoms with E-state index in [9.17, 15) is 8.78 Å². The summed E-state index contributed by atoms with van der Waals surface area (Å²) in [6.07, 6.45) is 0.675. The molecule has 2 nitrogen and oxygen atoms in total. The molecular formula is C13H17F2NO. The fourth-order valence-corrected chi connectivity index (χ4v) is 2.30. The second-order valence-corrected chi connectivity index (χ2v) is 4.30. The fourth-order valence-electron chi connectivity index (χ4n) is 2.30. The first kappa shape index (κ1) is 12.3. The SMILES string of the molecule is COc1ccc(C(F)F)c(C2CCCCN2)c1. The van der Waals surface area contributed by atoms with Crippen molar-refractivity contribution in [2.24, 2.45) is 0 Å². The first-order valence-corrected chi connectivity index (χ1v) is 5.91. The van der Waals surface area contributed by atoms with Gasteiger partial charge in [-0.05, 0) is 43.1 Å². The maximum absolute atomic E-state index is 12.9. The molecule has 17 heavy (non-hydrogen) atoms. The van der Waals surface area contributed by atoms with Crippen molar-refractivity contribution in [2.75, 3.05) is 13.7 Å². The van der Waals surface area contributed by atoms with Gasteiger partial charge in [0.05, 0.1) is 7.11 Å². The number of piperidine rings is 1. The molecule has 0 amide bonds. The number of rotatable bonds is 3. The molecule has 1 aromatic carbocycles. The second kappa shape index (κ2) is 5.45. The number of hydrogen-bond acceptors (Lipinski definition) is 2. The highest BCUT2D eigenvalue weighted by atomic mass is 19.3. The summed E-state index contributed by atoms with van der Waals surface area (Å²) in [5.41, 5.74) is 0.796. The van der Waals surface area contributed by atoms with Crippen LogP contribution in [0.25, 0.3) is 0 Å². The Bertz CT molecular complexity index is 376. The van der Waals surface area contributed by atoms with Gasteiger partial charge in [0.1, 0.15) is 5.75 Å². The molecule has 1 atom stereocenters. The van der Waals surface area contributed by atoms with E-state index in [1.165, 1.54) is 6.07 Å². The predicted molar refractivity (Wildman–Crippen MR) is 62.5 cm³/mol. The summed E-state index contributed by atoms with van der Waals surface area (Å²) in [4.78, 5) is 0. The van der Waals surface area contributed by atoms with Gasteiger partial charge in [-0.25, -0.2) is 8.78 Å². The number of alkyl halides is 2. The van der Waals surface area contributed by atoms with Gasteiger partial charge in [-0.15, -0.1) is 0 Å². The lowest BCUT2D eigenvalue weighted by atomic mass is 9.93. The van der Waals surface area contributed by atoms with Crippen molar-refractivity contribution in [3.8, 4) is 5.75 Å². The van der Waals surface area contributed by atoms with E-state index in [-0.39, 0.29) is 11.6 Å². The molecule has 2 rings (SSSR count). The van der Waals surface area contributed by atoms with Crippen LogP contribution in [0.1, 0.15) is 42.9 Å². The number of hydrogen-bond donors (Lipinski definition) is 1. The topological polar surface area (TPSA) is 21.3 Å². The molecule has 0 saturated carbocycles. The van der Waals surface area contributed by atoms with Gasteiger partial charge in [-0.2, -0.15) is 0 Å². The Morgan fingerprint density at radius 2 is 2.18 bits per heavy atom. The zero-order chi connectivity index (χ0) is 12.3. The maximum Gasteiger partial charge on any atom is 0.264 e. The van der Waals surface area contributed by atoms with Gasteiger partial charge in [-0.3, -0.25) is 0 Å². The summed E-state index contributed by atoms with van der Waals surface area (Å²) in [5, 5.41) is 3.29. The number of methoxy groups -OCH3 is 1. The minimum atomic E-state index is -2.43. The smallest absolute Gasteiger partial charge is 0.264 e. The van der Waals surface area contributed by atoms with Gasteiger partial charge < -0.3 is 10.1 Å². The Morgan fingerprint density at radius 3 is 2.76 bits per heavy atom. The normalized spacial score (nSPS) is 20.6. The Labute approximate surface area is 100.0 Å². The number of nitrogens with one attached hydrogen (secondary N) is 1. The molecule has 1 aliphatic rings. The van der Waals surface area contributed by atoms with E-state index in [0.29, 0.717) is 11.3 Å². The molecule has 0 spiro atoms. The third-order valence-electron chi connectivity index (χ3n) is 3.21. The zero-order valence-corrected chi connectivity index (χ0v) is 9.88. The van der Waals surface area contributed by atoms with Crippen LogP contribution < -0.4 is 10.1 Å². The molecule has 94 valence electrons. The van der Waals surface area contributed by atoms with Gasteiger partial charge in [0.2, 0.25) is 0 Å². The summed E-state index contributed by atoms with van der Waals surface area (Å²) in [5.74, 6) is 0.636. The Balaban J connectivity index is 2.33. The van der Waals surface area contributed by atoms with Crippen molar-refractivity contribution >= 4 is 0 Å². The molecule has 0 radical (unpaired) electrons. The van der Waals surface area contributed by atoms with Crippen LogP contribution in [0.15, 0.2) is 18.2 Å². The Morgan fingerprint density at radius 1 is 1.35 bits per heavy atom. The van der Waals surface area contributed by atoms with Crippen LogP contribution in [0.3, 0.4) is 0 Å². The van der Waals surface area contributed by atoms with E-state index >= 15 is 0 Å². The highest BCUT2D eigenvalue weighted by Crippen LogP contribution is 2.33. The summed E-state index contributed by atoms with van der Waals surface area (Å²) < 4.78 is 31.0. The predicted octanol–water partition coefficient (Wildman–Crippen LogP) is 3.45. The average Bonchev–Trinajstić information content (AvgIpc) is 2.39. The van der Waals surface area contributed by atoms with Crippen molar-refractivity contribution in [1.29, 1.82) is 0 Å². The van der Waals surface area contributed by atoms with Crippen LogP contribution in [-0.4, -0.2) is 13.7 Å². The summed E-state index contributed by atoms with van der Waals surface area (Å²) >= 11 is 0. The highest BCUT2D eigenvalue weighted by Gasteiger charge is 2.22. The van der Waals surface area contributed by atoms with Crippen molar-refractivity contribution in [3.05, 3.63) is 29.3 Å². The average molecular weight is 241 g/mol. The van der Waals surface area contributed by atoms with E-state index in [4.69, 9.17) is 4.74 Å². The standard InChI is InChI=1S/C13H17F2NO/c1-17-9-5-6-10(13(14)15)11(8-9)12-4-2-3-7-16-12/h5-6,8,12-13,16H,2-4,7H2,1H3. The van der Waals surface area contributed by atoms with Crippen molar-refractivity contribution in [2.45, 2.75) is 31.7 Å². The Kier molecular flexibility index (Phi) is 3.94. The monoisotopic (exact) mass is 241 g/mol. The number of benzene rings is 1. The molecule has 1 aliphatic heterocycles. The molecule has 1 saturated heterocycles. The van der Waals surface area contributed by atoms with E-state index in [2.05, 4.69) is 5.32 Å². The lowest BCUT2D eigenvalue weighted by molar-refractivity contribution is 0.148. The minimum absolute atomic E-state index is 0.0304. The summed E-state index contributed by atoms with van der Waals surface area (Å²) in [6.45, 7) is 0.893. The molecule has 1 fully saturated rings. The van der Waals surface area contributed by atoms with Crippen LogP contribution in [0, 0.1) is 0 Å². The Hall–Kier alpha value is -1.16. The third-order valence-corrected chi connectivity index (χ3v) is 3.21. The van der Waals surface area contributed by atoms with E-state index in [0.717, 1.165) is 25.8 Å². The number of ether oxygens (including phenoxy) is 1. The largest absolute Gasteiger partial charge is 0.497 e. The molecule has 0 bridgehead atoms. The lowest BCUT2D eigenvalue weighted by Crippen LogP contribution is -2.27. The van der Waals surface area contributed by atoms with Crippen LogP contribution in [0.4, 0.5) is 8.78 Å². The molecular weight excluding hydrogens is 224 g/mol. The van der Waals surface area contributed by atoms with Gasteiger partial charge in [0, 0.05) is 11.6 Å². The van der Waals surface area contributed by atoms with Crippen molar-refractivity contribution in [1.82, 2.24) is 5.32 Å². The van der Waals surface area contributed by atoms with Crippen molar-refractivity contribution in [3.63, 3.8) is 0 Å². The maximum atomic E-state index is 12.9.